The van der Waals surface area contributed by atoms with Crippen LogP contribution in [-0.2, 0) is 0 Å². The van der Waals surface area contributed by atoms with Gasteiger partial charge in [-0.1, -0.05) is 26.1 Å². The number of hydrazone groups is 1. The van der Waals surface area contributed by atoms with Crippen molar-refractivity contribution in [3.05, 3.63) is 0 Å². The van der Waals surface area contributed by atoms with Crippen LogP contribution in [0.1, 0.15) is 20.8 Å². The molecule has 0 aliphatic heterocycles. The van der Waals surface area contributed by atoms with Crippen LogP contribution in [0.25, 0.3) is 0 Å². The average molecular weight is 132 g/mol. The first-order valence-corrected chi connectivity index (χ1v) is 3.05. The lowest BCUT2D eigenvalue weighted by Gasteiger charge is -1.77. The Morgan fingerprint density at radius 2 is 2.00 bits per heavy atom. The van der Waals surface area contributed by atoms with E-state index in [0.29, 0.717) is 0 Å². The van der Waals surface area contributed by atoms with Gasteiger partial charge in [0.2, 0.25) is 0 Å². The Morgan fingerprint density at radius 3 is 2.12 bits per heavy atom. The summed E-state index contributed by atoms with van der Waals surface area (Å²) in [5, 5.41) is 3.56. The maximum absolute atomic E-state index is 4.37. The smallest absolute Gasteiger partial charge is 0.0829 e. The minimum absolute atomic E-state index is 1.35. The van der Waals surface area contributed by atoms with Crippen molar-refractivity contribution < 1.29 is 0 Å². The van der Waals surface area contributed by atoms with Gasteiger partial charge in [-0.05, 0) is 6.92 Å². The second-order valence-electron chi connectivity index (χ2n) is 0.634. The van der Waals surface area contributed by atoms with Gasteiger partial charge in [0.1, 0.15) is 0 Å². The Hall–Kier alpha value is -0.440. The first kappa shape index (κ1) is 10.5. The predicted molar refractivity (Wildman–Crippen MR) is 42.3 cm³/mol. The Labute approximate surface area is 56.0 Å². The van der Waals surface area contributed by atoms with Gasteiger partial charge in [-0.2, -0.15) is 5.10 Å². The minimum atomic E-state index is 1.35. The lowest BCUT2D eigenvalue weighted by Crippen LogP contribution is -1.96. The van der Waals surface area contributed by atoms with Crippen molar-refractivity contribution in [2.45, 2.75) is 20.8 Å². The molecule has 0 fully saturated rings. The molecule has 0 saturated carbocycles. The number of hydrogen-bond donors (Lipinski definition) is 1. The van der Waals surface area contributed by atoms with Crippen LogP contribution in [-0.4, -0.2) is 11.7 Å². The standard InChI is InChI=1S/C3H6N2S.C2H6/c1-2-4-5-3-6;1-2/h2-3H,1H3,(H,5,6);1-2H3/b4-2-;. The molecule has 0 heterocycles. The van der Waals surface area contributed by atoms with Gasteiger partial charge in [0.05, 0.1) is 5.49 Å². The van der Waals surface area contributed by atoms with Crippen molar-refractivity contribution in [1.29, 1.82) is 0 Å². The highest BCUT2D eigenvalue weighted by molar-refractivity contribution is 7.78. The zero-order valence-electron chi connectivity index (χ0n) is 5.51. The molecule has 0 aliphatic rings. The fourth-order valence-electron chi connectivity index (χ4n) is 0.105. The molecule has 0 saturated heterocycles. The molecule has 0 rings (SSSR count). The van der Waals surface area contributed by atoms with Crippen LogP contribution in [0.2, 0.25) is 0 Å². The maximum Gasteiger partial charge on any atom is 0.0829 e. The highest BCUT2D eigenvalue weighted by Gasteiger charge is 1.52. The SMILES string of the molecule is C/C=N\NC=S.CC. The van der Waals surface area contributed by atoms with Gasteiger partial charge in [-0.15, -0.1) is 0 Å². The van der Waals surface area contributed by atoms with Crippen LogP contribution in [0.3, 0.4) is 0 Å². The Balaban J connectivity index is 0. The Morgan fingerprint density at radius 1 is 1.50 bits per heavy atom. The minimum Gasteiger partial charge on any atom is -0.275 e. The molecule has 0 amide bonds. The quantitative estimate of drug-likeness (QED) is 0.350. The largest absolute Gasteiger partial charge is 0.275 e. The molecule has 0 aromatic rings. The third kappa shape index (κ3) is 17.6. The third-order valence-electron chi connectivity index (χ3n) is 0.256. The van der Waals surface area contributed by atoms with Gasteiger partial charge in [-0.3, -0.25) is 5.43 Å². The second kappa shape index (κ2) is 16.0. The third-order valence-corrected chi connectivity index (χ3v) is 0.362. The zero-order chi connectivity index (χ0) is 6.83. The van der Waals surface area contributed by atoms with Crippen LogP contribution in [0, 0.1) is 0 Å². The Kier molecular flexibility index (Phi) is 21.0. The van der Waals surface area contributed by atoms with Crippen molar-refractivity contribution >= 4 is 23.9 Å². The van der Waals surface area contributed by atoms with E-state index in [1.165, 1.54) is 5.49 Å². The van der Waals surface area contributed by atoms with E-state index in [0.717, 1.165) is 0 Å². The molecule has 0 atom stereocenters. The van der Waals surface area contributed by atoms with Crippen molar-refractivity contribution in [1.82, 2.24) is 5.43 Å². The van der Waals surface area contributed by atoms with Gasteiger partial charge in [-0.25, -0.2) is 0 Å². The number of hydrogen-bond acceptors (Lipinski definition) is 2. The first-order chi connectivity index (χ1) is 3.91. The molecule has 0 aliphatic carbocycles. The molecular weight excluding hydrogens is 120 g/mol. The molecule has 3 heteroatoms. The summed E-state index contributed by atoms with van der Waals surface area (Å²) in [6.07, 6.45) is 1.63. The molecule has 0 spiro atoms. The lowest BCUT2D eigenvalue weighted by molar-refractivity contribution is 1.08. The van der Waals surface area contributed by atoms with Crippen LogP contribution in [0.4, 0.5) is 0 Å². The molecule has 0 aromatic carbocycles. The lowest BCUT2D eigenvalue weighted by atomic mass is 10.9. The fourth-order valence-corrected chi connectivity index (χ4v) is 0.166. The molecule has 0 unspecified atom stereocenters. The van der Waals surface area contributed by atoms with E-state index in [9.17, 15) is 0 Å². The summed E-state index contributed by atoms with van der Waals surface area (Å²) in [6.45, 7) is 5.81. The summed E-state index contributed by atoms with van der Waals surface area (Å²) < 4.78 is 0. The average Bonchev–Trinajstić information content (AvgIpc) is 1.88. The summed E-state index contributed by atoms with van der Waals surface area (Å²) in [7, 11) is 0. The number of nitrogens with one attached hydrogen (secondary N) is 1. The summed E-state index contributed by atoms with van der Waals surface area (Å²) in [5.74, 6) is 0. The van der Waals surface area contributed by atoms with Gasteiger partial charge in [0.15, 0.2) is 0 Å². The van der Waals surface area contributed by atoms with E-state index in [1.54, 1.807) is 6.21 Å². The summed E-state index contributed by atoms with van der Waals surface area (Å²) in [4.78, 5) is 0. The fraction of sp³-hybridized carbons (Fsp3) is 0.600. The van der Waals surface area contributed by atoms with Crippen molar-refractivity contribution in [2.24, 2.45) is 5.10 Å². The molecule has 48 valence electrons. The Bertz CT molecular complexity index is 61.4. The molecule has 0 aromatic heterocycles. The van der Waals surface area contributed by atoms with Gasteiger partial charge in [0.25, 0.3) is 0 Å². The van der Waals surface area contributed by atoms with Gasteiger partial charge >= 0.3 is 0 Å². The van der Waals surface area contributed by atoms with Crippen LogP contribution in [0.5, 0.6) is 0 Å². The molecule has 8 heavy (non-hydrogen) atoms. The molecule has 2 nitrogen and oxygen atoms in total. The van der Waals surface area contributed by atoms with Crippen LogP contribution >= 0.6 is 12.2 Å². The maximum atomic E-state index is 4.37. The molecular formula is C5H12N2S. The van der Waals surface area contributed by atoms with Crippen molar-refractivity contribution in [3.8, 4) is 0 Å². The molecule has 0 radical (unpaired) electrons. The number of thiocarbonyl (C=S) groups is 1. The van der Waals surface area contributed by atoms with E-state index < -0.39 is 0 Å². The molecule has 1 N–H and O–H groups in total. The first-order valence-electron chi connectivity index (χ1n) is 2.58. The highest BCUT2D eigenvalue weighted by atomic mass is 32.1. The van der Waals surface area contributed by atoms with Crippen LogP contribution < -0.4 is 5.43 Å². The summed E-state index contributed by atoms with van der Waals surface area (Å²) >= 11 is 4.37. The second-order valence-corrected chi connectivity index (χ2v) is 0.870. The zero-order valence-corrected chi connectivity index (χ0v) is 6.33. The van der Waals surface area contributed by atoms with E-state index in [2.05, 4.69) is 22.7 Å². The van der Waals surface area contributed by atoms with E-state index in [-0.39, 0.29) is 0 Å². The number of rotatable bonds is 2. The van der Waals surface area contributed by atoms with Crippen molar-refractivity contribution in [3.63, 3.8) is 0 Å². The normalized spacial score (nSPS) is 7.38. The summed E-state index contributed by atoms with van der Waals surface area (Å²) in [6, 6.07) is 0. The predicted octanol–water partition coefficient (Wildman–Crippen LogP) is 1.57. The van der Waals surface area contributed by atoms with Crippen LogP contribution in [0.15, 0.2) is 5.10 Å². The van der Waals surface area contributed by atoms with E-state index in [1.807, 2.05) is 20.8 Å². The molecule has 0 bridgehead atoms. The van der Waals surface area contributed by atoms with E-state index in [4.69, 9.17) is 0 Å². The monoisotopic (exact) mass is 132 g/mol. The van der Waals surface area contributed by atoms with Crippen molar-refractivity contribution in [2.75, 3.05) is 0 Å². The topological polar surface area (TPSA) is 24.4 Å². The van der Waals surface area contributed by atoms with E-state index >= 15 is 0 Å². The number of nitrogens with zero attached hydrogens (tertiary/aromatic N) is 1. The summed E-state index contributed by atoms with van der Waals surface area (Å²) in [5.41, 5.74) is 3.80. The van der Waals surface area contributed by atoms with Gasteiger partial charge in [0, 0.05) is 6.21 Å². The highest BCUT2D eigenvalue weighted by Crippen LogP contribution is 1.47. The van der Waals surface area contributed by atoms with Gasteiger partial charge < -0.3 is 0 Å².